The molecule has 0 aromatic rings. The van der Waals surface area contributed by atoms with Crippen molar-refractivity contribution in [1.29, 1.82) is 0 Å². The topological polar surface area (TPSA) is 43.4 Å². The molecule has 0 aromatic heterocycles. The zero-order chi connectivity index (χ0) is 9.95. The maximum absolute atomic E-state index is 11.6. The predicted molar refractivity (Wildman–Crippen MR) is 52.0 cm³/mol. The lowest BCUT2D eigenvalue weighted by molar-refractivity contribution is 0.302. The summed E-state index contributed by atoms with van der Waals surface area (Å²) in [6.07, 6.45) is 4.02. The van der Waals surface area contributed by atoms with Crippen LogP contribution in [0.25, 0.3) is 0 Å². The normalized spacial score (nSPS) is 20.2. The van der Waals surface area contributed by atoms with Crippen LogP contribution in [0, 0.1) is 0 Å². The highest BCUT2D eigenvalue weighted by molar-refractivity contribution is 7.88. The van der Waals surface area contributed by atoms with Gasteiger partial charge in [-0.25, -0.2) is 0 Å². The minimum atomic E-state index is -3.27. The van der Waals surface area contributed by atoms with E-state index in [1.807, 2.05) is 13.8 Å². The van der Waals surface area contributed by atoms with Crippen molar-refractivity contribution in [3.63, 3.8) is 0 Å². The number of unbranched alkanes of at least 4 members (excludes halogenated alkanes) is 1. The molecule has 1 aliphatic rings. The van der Waals surface area contributed by atoms with Crippen LogP contribution < -0.4 is 0 Å². The maximum atomic E-state index is 11.6. The van der Waals surface area contributed by atoms with E-state index in [0.29, 0.717) is 13.0 Å². The summed E-state index contributed by atoms with van der Waals surface area (Å²) in [5.74, 6) is 0. The first-order chi connectivity index (χ1) is 6.08. The lowest BCUT2D eigenvalue weighted by Gasteiger charge is -2.13. The van der Waals surface area contributed by atoms with Crippen molar-refractivity contribution in [2.45, 2.75) is 50.7 Å². The van der Waals surface area contributed by atoms with Gasteiger partial charge in [-0.1, -0.05) is 20.3 Å². The van der Waals surface area contributed by atoms with Gasteiger partial charge in [-0.3, -0.25) is 4.18 Å². The summed E-state index contributed by atoms with van der Waals surface area (Å²) in [6, 6.07) is 0. The summed E-state index contributed by atoms with van der Waals surface area (Å²) in [5.41, 5.74) is 0. The fraction of sp³-hybridized carbons (Fsp3) is 1.00. The van der Waals surface area contributed by atoms with Gasteiger partial charge in [-0.05, 0) is 25.7 Å². The van der Waals surface area contributed by atoms with Crippen LogP contribution in [0.2, 0.25) is 0 Å². The highest BCUT2D eigenvalue weighted by atomic mass is 32.2. The van der Waals surface area contributed by atoms with Gasteiger partial charge in [-0.2, -0.15) is 8.42 Å². The van der Waals surface area contributed by atoms with E-state index in [9.17, 15) is 8.42 Å². The summed E-state index contributed by atoms with van der Waals surface area (Å²) in [4.78, 5) is 0. The smallest absolute Gasteiger partial charge is 0.270 e. The van der Waals surface area contributed by atoms with Crippen molar-refractivity contribution < 1.29 is 12.6 Å². The molecule has 0 spiro atoms. The Bertz CT molecular complexity index is 252. The Kier molecular flexibility index (Phi) is 3.35. The molecule has 0 amide bonds. The zero-order valence-corrected chi connectivity index (χ0v) is 9.19. The van der Waals surface area contributed by atoms with Gasteiger partial charge in [-0.15, -0.1) is 0 Å². The van der Waals surface area contributed by atoms with Crippen molar-refractivity contribution in [2.75, 3.05) is 6.61 Å². The summed E-state index contributed by atoms with van der Waals surface area (Å²) < 4.78 is 27.6. The van der Waals surface area contributed by atoms with Crippen molar-refractivity contribution >= 4 is 10.1 Å². The van der Waals surface area contributed by atoms with Crippen molar-refractivity contribution in [2.24, 2.45) is 0 Å². The third-order valence-electron chi connectivity index (χ3n) is 2.72. The van der Waals surface area contributed by atoms with Crippen LogP contribution in [0.4, 0.5) is 0 Å². The molecule has 1 rings (SSSR count). The van der Waals surface area contributed by atoms with Crippen LogP contribution in [0.15, 0.2) is 0 Å². The van der Waals surface area contributed by atoms with Gasteiger partial charge in [0.1, 0.15) is 0 Å². The number of hydrogen-bond donors (Lipinski definition) is 0. The molecule has 1 fully saturated rings. The molecule has 3 nitrogen and oxygen atoms in total. The average molecular weight is 206 g/mol. The van der Waals surface area contributed by atoms with E-state index >= 15 is 0 Å². The van der Waals surface area contributed by atoms with Gasteiger partial charge in [0.25, 0.3) is 10.1 Å². The minimum absolute atomic E-state index is 0.348. The first-order valence-electron chi connectivity index (χ1n) is 4.97. The zero-order valence-electron chi connectivity index (χ0n) is 8.38. The molecule has 0 N–H and O–H groups in total. The van der Waals surface area contributed by atoms with E-state index in [1.54, 1.807) is 0 Å². The molecule has 78 valence electrons. The molecule has 0 saturated heterocycles. The third kappa shape index (κ3) is 2.23. The Morgan fingerprint density at radius 3 is 2.31 bits per heavy atom. The first kappa shape index (κ1) is 11.0. The van der Waals surface area contributed by atoms with Crippen LogP contribution in [0.1, 0.15) is 46.0 Å². The summed E-state index contributed by atoms with van der Waals surface area (Å²) >= 11 is 0. The second-order valence-corrected chi connectivity index (χ2v) is 5.68. The van der Waals surface area contributed by atoms with Crippen molar-refractivity contribution in [3.8, 4) is 0 Å². The Balaban J connectivity index is 2.47. The van der Waals surface area contributed by atoms with Crippen LogP contribution in [-0.2, 0) is 14.3 Å². The van der Waals surface area contributed by atoms with E-state index in [1.165, 1.54) is 0 Å². The molecule has 0 heterocycles. The quantitative estimate of drug-likeness (QED) is 0.493. The van der Waals surface area contributed by atoms with Crippen molar-refractivity contribution in [3.05, 3.63) is 0 Å². The van der Waals surface area contributed by atoms with Gasteiger partial charge in [0.2, 0.25) is 0 Å². The molecule has 0 bridgehead atoms. The molecule has 13 heavy (non-hydrogen) atoms. The Morgan fingerprint density at radius 2 is 1.92 bits per heavy atom. The summed E-state index contributed by atoms with van der Waals surface area (Å²) in [7, 11) is -3.27. The van der Waals surface area contributed by atoms with Gasteiger partial charge >= 0.3 is 0 Å². The number of rotatable bonds is 6. The molecular weight excluding hydrogens is 188 g/mol. The van der Waals surface area contributed by atoms with Crippen LogP contribution >= 0.6 is 0 Å². The minimum Gasteiger partial charge on any atom is -0.270 e. The van der Waals surface area contributed by atoms with Gasteiger partial charge < -0.3 is 0 Å². The molecule has 0 aromatic carbocycles. The van der Waals surface area contributed by atoms with Gasteiger partial charge in [0.15, 0.2) is 0 Å². The molecule has 0 atom stereocenters. The molecule has 0 unspecified atom stereocenters. The van der Waals surface area contributed by atoms with Crippen molar-refractivity contribution in [1.82, 2.24) is 0 Å². The first-order valence-corrected chi connectivity index (χ1v) is 6.38. The van der Waals surface area contributed by atoms with E-state index in [2.05, 4.69) is 0 Å². The fourth-order valence-electron chi connectivity index (χ4n) is 1.36. The van der Waals surface area contributed by atoms with E-state index < -0.39 is 14.9 Å². The van der Waals surface area contributed by atoms with E-state index in [-0.39, 0.29) is 0 Å². The Morgan fingerprint density at radius 1 is 1.31 bits per heavy atom. The molecule has 0 radical (unpaired) electrons. The third-order valence-corrected chi connectivity index (χ3v) is 4.95. The van der Waals surface area contributed by atoms with Crippen LogP contribution in [-0.4, -0.2) is 19.8 Å². The Labute approximate surface area is 80.6 Å². The second kappa shape index (κ2) is 3.96. The van der Waals surface area contributed by atoms with Crippen LogP contribution in [0.5, 0.6) is 0 Å². The molecule has 1 saturated carbocycles. The summed E-state index contributed by atoms with van der Waals surface area (Å²) in [5, 5.41) is 0. The molecule has 0 aliphatic heterocycles. The van der Waals surface area contributed by atoms with Crippen LogP contribution in [0.3, 0.4) is 0 Å². The second-order valence-electron chi connectivity index (χ2n) is 3.67. The van der Waals surface area contributed by atoms with E-state index in [4.69, 9.17) is 4.18 Å². The fourth-order valence-corrected chi connectivity index (χ4v) is 2.90. The van der Waals surface area contributed by atoms with Gasteiger partial charge in [0, 0.05) is 0 Å². The lowest BCUT2D eigenvalue weighted by Crippen LogP contribution is -2.24. The highest BCUT2D eigenvalue weighted by Crippen LogP contribution is 2.47. The summed E-state index contributed by atoms with van der Waals surface area (Å²) in [6.45, 7) is 4.27. The Hall–Kier alpha value is -0.0900. The molecular formula is C9H18O3S. The standard InChI is InChI=1S/C9H18O3S/c1-3-5-8-12-13(10,11)9(4-2)6-7-9/h3-8H2,1-2H3. The largest absolute Gasteiger partial charge is 0.273 e. The predicted octanol–water partition coefficient (Wildman–Crippen LogP) is 2.08. The molecule has 1 aliphatic carbocycles. The molecule has 4 heteroatoms. The van der Waals surface area contributed by atoms with Gasteiger partial charge in [0.05, 0.1) is 11.4 Å². The number of hydrogen-bond acceptors (Lipinski definition) is 3. The lowest BCUT2D eigenvalue weighted by atomic mass is 10.3. The average Bonchev–Trinajstić information content (AvgIpc) is 2.84. The highest BCUT2D eigenvalue weighted by Gasteiger charge is 2.53. The maximum Gasteiger partial charge on any atom is 0.273 e. The SMILES string of the molecule is CCCCOS(=O)(=O)C1(CC)CC1. The van der Waals surface area contributed by atoms with E-state index in [0.717, 1.165) is 25.7 Å². The monoisotopic (exact) mass is 206 g/mol.